The van der Waals surface area contributed by atoms with E-state index in [1.165, 1.54) is 0 Å². The van der Waals surface area contributed by atoms with Crippen LogP contribution in [-0.2, 0) is 14.6 Å². The Morgan fingerprint density at radius 1 is 1.33 bits per heavy atom. The quantitative estimate of drug-likeness (QED) is 0.743. The van der Waals surface area contributed by atoms with Gasteiger partial charge in [-0.2, -0.15) is 0 Å². The lowest BCUT2D eigenvalue weighted by molar-refractivity contribution is -0.136. The standard InChI is InChI=1S/C11H20N2O3S.ClH/c1-8-9(2)17(15,16)6-5-13(8)11(14)10-3-4-12-7-10;/h8-10,12H,3-7H2,1-2H3;1H. The summed E-state index contributed by atoms with van der Waals surface area (Å²) in [6, 6.07) is -0.207. The molecule has 3 unspecified atom stereocenters. The Balaban J connectivity index is 0.00000162. The first-order valence-corrected chi connectivity index (χ1v) is 7.88. The second-order valence-corrected chi connectivity index (χ2v) is 7.51. The van der Waals surface area contributed by atoms with Crippen molar-refractivity contribution in [2.24, 2.45) is 5.92 Å². The van der Waals surface area contributed by atoms with Crippen LogP contribution < -0.4 is 5.32 Å². The van der Waals surface area contributed by atoms with E-state index in [0.29, 0.717) is 6.54 Å². The van der Waals surface area contributed by atoms with Gasteiger partial charge in [-0.05, 0) is 26.8 Å². The van der Waals surface area contributed by atoms with Gasteiger partial charge in [0, 0.05) is 19.1 Å². The number of carbonyl (C=O) groups is 1. The van der Waals surface area contributed by atoms with Crippen molar-refractivity contribution in [1.29, 1.82) is 0 Å². The monoisotopic (exact) mass is 296 g/mol. The molecule has 3 atom stereocenters. The lowest BCUT2D eigenvalue weighted by Gasteiger charge is -2.38. The van der Waals surface area contributed by atoms with Gasteiger partial charge >= 0.3 is 0 Å². The molecule has 0 spiro atoms. The van der Waals surface area contributed by atoms with Crippen molar-refractivity contribution in [3.8, 4) is 0 Å². The molecule has 2 rings (SSSR count). The zero-order valence-corrected chi connectivity index (χ0v) is 12.4. The summed E-state index contributed by atoms with van der Waals surface area (Å²) in [5.74, 6) is 0.249. The highest BCUT2D eigenvalue weighted by atomic mass is 35.5. The highest BCUT2D eigenvalue weighted by molar-refractivity contribution is 7.92. The first-order valence-electron chi connectivity index (χ1n) is 6.16. The second-order valence-electron chi connectivity index (χ2n) is 5.03. The lowest BCUT2D eigenvalue weighted by atomic mass is 10.1. The van der Waals surface area contributed by atoms with Crippen molar-refractivity contribution in [2.75, 3.05) is 25.4 Å². The van der Waals surface area contributed by atoms with Crippen LogP contribution in [-0.4, -0.2) is 55.9 Å². The molecule has 106 valence electrons. The van der Waals surface area contributed by atoms with Crippen LogP contribution in [0.25, 0.3) is 0 Å². The number of nitrogens with one attached hydrogen (secondary N) is 1. The number of nitrogens with zero attached hydrogens (tertiary/aromatic N) is 1. The van der Waals surface area contributed by atoms with E-state index in [0.717, 1.165) is 19.5 Å². The molecule has 0 aromatic rings. The SMILES string of the molecule is CC1C(C)S(=O)(=O)CCN1C(=O)C1CCNC1.Cl. The minimum Gasteiger partial charge on any atom is -0.337 e. The van der Waals surface area contributed by atoms with Crippen LogP contribution in [0.5, 0.6) is 0 Å². The fourth-order valence-electron chi connectivity index (χ4n) is 2.58. The van der Waals surface area contributed by atoms with Crippen LogP contribution in [0.15, 0.2) is 0 Å². The van der Waals surface area contributed by atoms with Gasteiger partial charge in [0.05, 0.1) is 16.9 Å². The zero-order valence-electron chi connectivity index (χ0n) is 10.8. The summed E-state index contributed by atoms with van der Waals surface area (Å²) in [5.41, 5.74) is 0. The van der Waals surface area contributed by atoms with Gasteiger partial charge < -0.3 is 10.2 Å². The summed E-state index contributed by atoms with van der Waals surface area (Å²) in [7, 11) is -3.01. The fraction of sp³-hybridized carbons (Fsp3) is 0.909. The summed E-state index contributed by atoms with van der Waals surface area (Å²) < 4.78 is 23.5. The Labute approximate surface area is 115 Å². The van der Waals surface area contributed by atoms with Gasteiger partial charge in [0.1, 0.15) is 0 Å². The fourth-order valence-corrected chi connectivity index (χ4v) is 4.15. The van der Waals surface area contributed by atoms with Gasteiger partial charge in [-0.25, -0.2) is 8.42 Å². The highest BCUT2D eigenvalue weighted by Crippen LogP contribution is 2.22. The first kappa shape index (κ1) is 15.7. The molecular formula is C11H21ClN2O3S. The number of amides is 1. The van der Waals surface area contributed by atoms with Crippen molar-refractivity contribution in [3.63, 3.8) is 0 Å². The van der Waals surface area contributed by atoms with Crippen LogP contribution in [0.2, 0.25) is 0 Å². The normalized spacial score (nSPS) is 35.0. The summed E-state index contributed by atoms with van der Waals surface area (Å²) in [4.78, 5) is 14.0. The van der Waals surface area contributed by atoms with Crippen molar-refractivity contribution in [2.45, 2.75) is 31.6 Å². The average molecular weight is 297 g/mol. The maximum atomic E-state index is 12.3. The van der Waals surface area contributed by atoms with Crippen LogP contribution in [0.4, 0.5) is 0 Å². The molecular weight excluding hydrogens is 276 g/mol. The van der Waals surface area contributed by atoms with E-state index < -0.39 is 15.1 Å². The van der Waals surface area contributed by atoms with Gasteiger partial charge in [0.15, 0.2) is 9.84 Å². The molecule has 0 saturated carbocycles. The molecule has 0 aromatic heterocycles. The smallest absolute Gasteiger partial charge is 0.227 e. The van der Waals surface area contributed by atoms with Crippen LogP contribution in [0.3, 0.4) is 0 Å². The molecule has 1 amide bonds. The highest BCUT2D eigenvalue weighted by Gasteiger charge is 2.40. The summed E-state index contributed by atoms with van der Waals surface area (Å²) in [5, 5.41) is 2.72. The third kappa shape index (κ3) is 2.81. The van der Waals surface area contributed by atoms with E-state index in [1.54, 1.807) is 11.8 Å². The molecule has 2 heterocycles. The zero-order chi connectivity index (χ0) is 12.6. The van der Waals surface area contributed by atoms with Crippen LogP contribution in [0, 0.1) is 5.92 Å². The molecule has 2 fully saturated rings. The summed E-state index contributed by atoms with van der Waals surface area (Å²) in [6.45, 7) is 5.49. The van der Waals surface area contributed by atoms with Gasteiger partial charge in [-0.1, -0.05) is 0 Å². The molecule has 2 saturated heterocycles. The molecule has 2 aliphatic heterocycles. The third-order valence-corrected chi connectivity index (χ3v) is 6.33. The predicted molar refractivity (Wildman–Crippen MR) is 72.6 cm³/mol. The number of carbonyl (C=O) groups excluding carboxylic acids is 1. The second kappa shape index (κ2) is 5.75. The molecule has 1 N–H and O–H groups in total. The largest absolute Gasteiger partial charge is 0.337 e. The molecule has 5 nitrogen and oxygen atoms in total. The van der Waals surface area contributed by atoms with Gasteiger partial charge in [-0.15, -0.1) is 12.4 Å². The molecule has 18 heavy (non-hydrogen) atoms. The molecule has 0 aromatic carbocycles. The molecule has 7 heteroatoms. The topological polar surface area (TPSA) is 66.5 Å². The van der Waals surface area contributed by atoms with Crippen molar-refractivity contribution in [3.05, 3.63) is 0 Å². The number of halogens is 1. The summed E-state index contributed by atoms with van der Waals surface area (Å²) >= 11 is 0. The van der Waals surface area contributed by atoms with Crippen molar-refractivity contribution in [1.82, 2.24) is 10.2 Å². The molecule has 0 aliphatic carbocycles. The predicted octanol–water partition coefficient (Wildman–Crippen LogP) is 0.0517. The van der Waals surface area contributed by atoms with E-state index in [2.05, 4.69) is 5.32 Å². The van der Waals surface area contributed by atoms with Crippen LogP contribution in [0.1, 0.15) is 20.3 Å². The minimum absolute atomic E-state index is 0. The summed E-state index contributed by atoms with van der Waals surface area (Å²) in [6.07, 6.45) is 0.864. The minimum atomic E-state index is -3.01. The number of hydrogen-bond donors (Lipinski definition) is 1. The molecule has 2 aliphatic rings. The Morgan fingerprint density at radius 2 is 2.00 bits per heavy atom. The maximum Gasteiger partial charge on any atom is 0.227 e. The Morgan fingerprint density at radius 3 is 2.56 bits per heavy atom. The molecule has 0 bridgehead atoms. The number of rotatable bonds is 1. The van der Waals surface area contributed by atoms with Crippen LogP contribution >= 0.6 is 12.4 Å². The third-order valence-electron chi connectivity index (χ3n) is 4.05. The van der Waals surface area contributed by atoms with Crippen molar-refractivity contribution < 1.29 is 13.2 Å². The van der Waals surface area contributed by atoms with Gasteiger partial charge in [-0.3, -0.25) is 4.79 Å². The lowest BCUT2D eigenvalue weighted by Crippen LogP contribution is -2.55. The Kier molecular flexibility index (Phi) is 5.03. The van der Waals surface area contributed by atoms with Gasteiger partial charge in [0.2, 0.25) is 5.91 Å². The Bertz CT molecular complexity index is 407. The van der Waals surface area contributed by atoms with E-state index >= 15 is 0 Å². The van der Waals surface area contributed by atoms with E-state index in [9.17, 15) is 13.2 Å². The Hall–Kier alpha value is -0.330. The van der Waals surface area contributed by atoms with Crippen molar-refractivity contribution >= 4 is 28.2 Å². The first-order chi connectivity index (χ1) is 7.93. The van der Waals surface area contributed by atoms with E-state index in [4.69, 9.17) is 0 Å². The maximum absolute atomic E-state index is 12.3. The van der Waals surface area contributed by atoms with Gasteiger partial charge in [0.25, 0.3) is 0 Å². The number of sulfone groups is 1. The number of hydrogen-bond acceptors (Lipinski definition) is 4. The van der Waals surface area contributed by atoms with E-state index in [1.807, 2.05) is 6.92 Å². The molecule has 0 radical (unpaired) electrons. The van der Waals surface area contributed by atoms with E-state index in [-0.39, 0.29) is 36.0 Å². The average Bonchev–Trinajstić information content (AvgIpc) is 2.79.